The third kappa shape index (κ3) is 2.59. The Morgan fingerprint density at radius 1 is 1.45 bits per heavy atom. The van der Waals surface area contributed by atoms with Crippen molar-refractivity contribution in [2.75, 3.05) is 20.1 Å². The van der Waals surface area contributed by atoms with Crippen LogP contribution in [0.2, 0.25) is 0 Å². The van der Waals surface area contributed by atoms with Crippen LogP contribution < -0.4 is 4.74 Å². The van der Waals surface area contributed by atoms with E-state index in [2.05, 4.69) is 0 Å². The molecule has 1 heterocycles. The standard InChI is InChI=1S/C13H17O6P/c1-7-9-5-19-13(15)10(9)11(14)8(12(7)17-2)3-4-18-6-20-16/h14,16,20H,3-6H2,1-2H3. The molecule has 1 aromatic rings. The van der Waals surface area contributed by atoms with E-state index in [0.717, 1.165) is 5.56 Å². The van der Waals surface area contributed by atoms with E-state index < -0.39 is 5.97 Å². The summed E-state index contributed by atoms with van der Waals surface area (Å²) in [5.74, 6) is -0.0585. The molecule has 1 unspecified atom stereocenters. The predicted octanol–water partition coefficient (Wildman–Crippen LogP) is 1.48. The van der Waals surface area contributed by atoms with Gasteiger partial charge in [0.1, 0.15) is 23.7 Å². The van der Waals surface area contributed by atoms with Crippen LogP contribution in [0.15, 0.2) is 0 Å². The van der Waals surface area contributed by atoms with Gasteiger partial charge in [0.05, 0.1) is 20.1 Å². The molecule has 0 fully saturated rings. The summed E-state index contributed by atoms with van der Waals surface area (Å²) in [6.07, 6.45) is 0.649. The summed E-state index contributed by atoms with van der Waals surface area (Å²) in [6.45, 7) is 2.32. The molecule has 1 aliphatic rings. The van der Waals surface area contributed by atoms with Crippen LogP contribution in [0.4, 0.5) is 0 Å². The molecule has 1 aliphatic heterocycles. The second-order valence-corrected chi connectivity index (χ2v) is 4.98. The van der Waals surface area contributed by atoms with Gasteiger partial charge in [0, 0.05) is 26.4 Å². The Kier molecular flexibility index (Phi) is 4.81. The van der Waals surface area contributed by atoms with Gasteiger partial charge >= 0.3 is 5.97 Å². The number of hydrogen-bond acceptors (Lipinski definition) is 6. The van der Waals surface area contributed by atoms with Crippen molar-refractivity contribution in [1.29, 1.82) is 0 Å². The first-order chi connectivity index (χ1) is 9.61. The molecule has 0 saturated heterocycles. The van der Waals surface area contributed by atoms with Crippen LogP contribution in [0.3, 0.4) is 0 Å². The van der Waals surface area contributed by atoms with E-state index >= 15 is 0 Å². The normalized spacial score (nSPS) is 13.8. The van der Waals surface area contributed by atoms with Crippen LogP contribution in [0.25, 0.3) is 0 Å². The number of esters is 1. The second-order valence-electron chi connectivity index (χ2n) is 4.38. The van der Waals surface area contributed by atoms with Gasteiger partial charge in [-0.1, -0.05) is 0 Å². The Bertz CT molecular complexity index is 528. The van der Waals surface area contributed by atoms with E-state index in [1.165, 1.54) is 7.11 Å². The first kappa shape index (κ1) is 15.0. The third-order valence-corrected chi connectivity index (χ3v) is 3.64. The van der Waals surface area contributed by atoms with Crippen molar-refractivity contribution in [3.8, 4) is 11.5 Å². The Morgan fingerprint density at radius 3 is 2.85 bits per heavy atom. The maximum atomic E-state index is 11.7. The quantitative estimate of drug-likeness (QED) is 0.470. The minimum Gasteiger partial charge on any atom is -0.507 e. The average molecular weight is 300 g/mol. The number of phenols is 1. The van der Waals surface area contributed by atoms with E-state index in [0.29, 0.717) is 29.9 Å². The lowest BCUT2D eigenvalue weighted by atomic mass is 9.95. The van der Waals surface area contributed by atoms with Crippen molar-refractivity contribution in [2.24, 2.45) is 0 Å². The minimum atomic E-state index is -0.512. The zero-order valence-corrected chi connectivity index (χ0v) is 12.4. The fraction of sp³-hybridized carbons (Fsp3) is 0.462. The van der Waals surface area contributed by atoms with Crippen LogP contribution in [0.5, 0.6) is 11.5 Å². The second kappa shape index (κ2) is 6.39. The highest BCUT2D eigenvalue weighted by atomic mass is 31.1. The highest BCUT2D eigenvalue weighted by Crippen LogP contribution is 2.41. The van der Waals surface area contributed by atoms with Crippen molar-refractivity contribution >= 4 is 14.8 Å². The molecule has 0 amide bonds. The lowest BCUT2D eigenvalue weighted by Gasteiger charge is -2.16. The first-order valence-electron chi connectivity index (χ1n) is 6.14. The molecule has 0 bridgehead atoms. The number of hydrogen-bond donors (Lipinski definition) is 2. The average Bonchev–Trinajstić information content (AvgIpc) is 2.82. The van der Waals surface area contributed by atoms with E-state index in [-0.39, 0.29) is 33.1 Å². The maximum Gasteiger partial charge on any atom is 0.342 e. The van der Waals surface area contributed by atoms with Crippen molar-refractivity contribution < 1.29 is 29.0 Å². The topological polar surface area (TPSA) is 85.2 Å². The van der Waals surface area contributed by atoms with Crippen molar-refractivity contribution in [1.82, 2.24) is 0 Å². The summed E-state index contributed by atoms with van der Waals surface area (Å²) in [5, 5.41) is 10.3. The number of aromatic hydroxyl groups is 1. The molecule has 0 radical (unpaired) electrons. The lowest BCUT2D eigenvalue weighted by Crippen LogP contribution is -2.06. The Hall–Kier alpha value is -1.36. The zero-order valence-electron chi connectivity index (χ0n) is 11.4. The molecular formula is C13H17O6P. The number of carbonyl (C=O) groups is 1. The van der Waals surface area contributed by atoms with E-state index in [1.54, 1.807) is 0 Å². The van der Waals surface area contributed by atoms with E-state index in [4.69, 9.17) is 19.1 Å². The Morgan fingerprint density at radius 2 is 2.20 bits per heavy atom. The number of rotatable bonds is 6. The van der Waals surface area contributed by atoms with Crippen molar-refractivity contribution in [3.05, 3.63) is 22.3 Å². The Labute approximate surface area is 118 Å². The fourth-order valence-electron chi connectivity index (χ4n) is 2.36. The first-order valence-corrected chi connectivity index (χ1v) is 7.30. The van der Waals surface area contributed by atoms with Gasteiger partial charge in [-0.15, -0.1) is 0 Å². The summed E-state index contributed by atoms with van der Waals surface area (Å²) in [4.78, 5) is 20.4. The number of ether oxygens (including phenoxy) is 3. The van der Waals surface area contributed by atoms with Crippen LogP contribution >= 0.6 is 8.81 Å². The molecule has 6 nitrogen and oxygen atoms in total. The number of benzene rings is 1. The number of carbonyl (C=O) groups excluding carboxylic acids is 1. The number of methoxy groups -OCH3 is 1. The molecule has 1 atom stereocenters. The number of fused-ring (bicyclic) bond motifs is 1. The van der Waals surface area contributed by atoms with Gasteiger partial charge in [0.2, 0.25) is 0 Å². The Balaban J connectivity index is 2.37. The van der Waals surface area contributed by atoms with Gasteiger partial charge in [-0.3, -0.25) is 0 Å². The van der Waals surface area contributed by atoms with Gasteiger partial charge in [0.25, 0.3) is 0 Å². The maximum absolute atomic E-state index is 11.7. The van der Waals surface area contributed by atoms with Crippen molar-refractivity contribution in [3.63, 3.8) is 0 Å². The monoisotopic (exact) mass is 300 g/mol. The zero-order chi connectivity index (χ0) is 14.7. The molecule has 1 aromatic carbocycles. The predicted molar refractivity (Wildman–Crippen MR) is 73.6 cm³/mol. The van der Waals surface area contributed by atoms with Gasteiger partial charge in [-0.05, 0) is 12.5 Å². The largest absolute Gasteiger partial charge is 0.507 e. The van der Waals surface area contributed by atoms with E-state index in [1.807, 2.05) is 6.92 Å². The van der Waals surface area contributed by atoms with Gasteiger partial charge in [0.15, 0.2) is 0 Å². The minimum absolute atomic E-state index is 0.0972. The molecule has 0 saturated carbocycles. The molecular weight excluding hydrogens is 283 g/mol. The number of cyclic esters (lactones) is 1. The summed E-state index contributed by atoms with van der Waals surface area (Å²) < 4.78 is 15.5. The highest BCUT2D eigenvalue weighted by molar-refractivity contribution is 7.30. The molecule has 110 valence electrons. The molecule has 20 heavy (non-hydrogen) atoms. The smallest absolute Gasteiger partial charge is 0.342 e. The molecule has 0 aromatic heterocycles. The molecule has 2 N–H and O–H groups in total. The van der Waals surface area contributed by atoms with Gasteiger partial charge < -0.3 is 24.2 Å². The highest BCUT2D eigenvalue weighted by Gasteiger charge is 2.31. The third-order valence-electron chi connectivity index (χ3n) is 3.31. The van der Waals surface area contributed by atoms with Crippen LogP contribution in [-0.2, 0) is 22.5 Å². The number of phenolic OH excluding ortho intramolecular Hbond substituents is 1. The van der Waals surface area contributed by atoms with Gasteiger partial charge in [-0.2, -0.15) is 0 Å². The summed E-state index contributed by atoms with van der Waals surface area (Å²) in [7, 11) is 1.25. The van der Waals surface area contributed by atoms with Crippen LogP contribution in [-0.4, -0.2) is 36.0 Å². The van der Waals surface area contributed by atoms with Crippen LogP contribution in [0, 0.1) is 6.92 Å². The summed E-state index contributed by atoms with van der Waals surface area (Å²) in [5.41, 5.74) is 2.22. The lowest BCUT2D eigenvalue weighted by molar-refractivity contribution is 0.0533. The molecule has 2 rings (SSSR count). The van der Waals surface area contributed by atoms with E-state index in [9.17, 15) is 9.90 Å². The summed E-state index contributed by atoms with van der Waals surface area (Å²) >= 11 is 0. The molecule has 0 spiro atoms. The van der Waals surface area contributed by atoms with Gasteiger partial charge in [-0.25, -0.2) is 4.79 Å². The SMILES string of the molecule is COc1c(C)c2c(c(O)c1CCOCPO)C(=O)OC2. The van der Waals surface area contributed by atoms with Crippen LogP contribution in [0.1, 0.15) is 27.0 Å². The van der Waals surface area contributed by atoms with Crippen molar-refractivity contribution in [2.45, 2.75) is 20.0 Å². The molecule has 0 aliphatic carbocycles. The fourth-order valence-corrected chi connectivity index (χ4v) is 2.60. The summed E-state index contributed by atoms with van der Waals surface area (Å²) in [6, 6.07) is 0. The molecule has 7 heteroatoms.